The van der Waals surface area contributed by atoms with Crippen LogP contribution in [0.5, 0.6) is 0 Å². The third-order valence-corrected chi connectivity index (χ3v) is 8.55. The van der Waals surface area contributed by atoms with Crippen LogP contribution in [0.25, 0.3) is 5.69 Å². The molecule has 0 saturated heterocycles. The second-order valence-corrected chi connectivity index (χ2v) is 11.8. The largest absolute Gasteiger partial charge is 0.369 e. The van der Waals surface area contributed by atoms with Crippen molar-refractivity contribution in [3.63, 3.8) is 0 Å². The van der Waals surface area contributed by atoms with E-state index >= 15 is 0 Å². The van der Waals surface area contributed by atoms with Crippen LogP contribution in [-0.4, -0.2) is 24.0 Å². The zero-order chi connectivity index (χ0) is 16.7. The van der Waals surface area contributed by atoms with E-state index in [2.05, 4.69) is 88.2 Å². The van der Waals surface area contributed by atoms with Crippen molar-refractivity contribution in [2.24, 2.45) is 0 Å². The van der Waals surface area contributed by atoms with Crippen LogP contribution >= 0.6 is 7.14 Å². The van der Waals surface area contributed by atoms with Gasteiger partial charge in [-0.1, -0.05) is 17.7 Å². The molecule has 4 heteroatoms. The summed E-state index contributed by atoms with van der Waals surface area (Å²) in [6, 6.07) is 4.48. The summed E-state index contributed by atoms with van der Waals surface area (Å²) in [6.45, 7) is 15.5. The third-order valence-electron chi connectivity index (χ3n) is 4.57. The second-order valence-electron chi connectivity index (χ2n) is 7.66. The van der Waals surface area contributed by atoms with Gasteiger partial charge in [0.15, 0.2) is 6.29 Å². The van der Waals surface area contributed by atoms with Crippen LogP contribution in [0.15, 0.2) is 30.9 Å². The lowest BCUT2D eigenvalue weighted by molar-refractivity contribution is -0.677. The zero-order valence-corrected chi connectivity index (χ0v) is 15.9. The van der Waals surface area contributed by atoms with Crippen molar-refractivity contribution >= 4 is 14.7 Å². The molecule has 2 aromatic rings. The van der Waals surface area contributed by atoms with Gasteiger partial charge in [0.1, 0.15) is 18.1 Å². The summed E-state index contributed by atoms with van der Waals surface area (Å²) in [4.78, 5) is 0. The molecule has 0 fully saturated rings. The highest BCUT2D eigenvalue weighted by Crippen LogP contribution is 2.61. The number of aromatic nitrogens is 2. The lowest BCUT2D eigenvalue weighted by Gasteiger charge is -2.30. The van der Waals surface area contributed by atoms with Crippen molar-refractivity contribution in [3.8, 4) is 5.69 Å². The Morgan fingerprint density at radius 2 is 1.68 bits per heavy atom. The van der Waals surface area contributed by atoms with Gasteiger partial charge in [0.2, 0.25) is 0 Å². The Balaban J connectivity index is 2.34. The van der Waals surface area contributed by atoms with E-state index in [1.807, 2.05) is 0 Å². The van der Waals surface area contributed by atoms with Gasteiger partial charge in [-0.25, -0.2) is 9.13 Å². The van der Waals surface area contributed by atoms with Gasteiger partial charge in [0, 0.05) is 13.8 Å². The topological polar surface area (TPSA) is 8.81 Å². The standard InChI is InChI=1S/C18H28BN2P/c1-14-10-15(2)17(16(3)11-14)21-9-8-20(12-21)13-22(7,19)18(4,5)6/h8-12H,13H2,1-7H3/q+2. The Bertz CT molecular complexity index is 658. The summed E-state index contributed by atoms with van der Waals surface area (Å²) in [6.07, 6.45) is 7.35. The summed E-state index contributed by atoms with van der Waals surface area (Å²) in [5, 5.41) is 0.164. The molecule has 116 valence electrons. The highest BCUT2D eigenvalue weighted by molar-refractivity contribution is 7.97. The van der Waals surface area contributed by atoms with Crippen molar-refractivity contribution in [2.45, 2.75) is 53.0 Å². The van der Waals surface area contributed by atoms with Crippen molar-refractivity contribution in [3.05, 3.63) is 47.5 Å². The number of imidazole rings is 1. The molecule has 0 saturated carbocycles. The second kappa shape index (κ2) is 5.85. The van der Waals surface area contributed by atoms with Gasteiger partial charge < -0.3 is 0 Å². The first-order valence-electron chi connectivity index (χ1n) is 7.81. The highest BCUT2D eigenvalue weighted by Gasteiger charge is 2.41. The molecule has 0 aliphatic rings. The first-order chi connectivity index (χ1) is 10.0. The Labute approximate surface area is 137 Å². The summed E-state index contributed by atoms with van der Waals surface area (Å²) in [5.41, 5.74) is 5.20. The minimum atomic E-state index is -1.51. The van der Waals surface area contributed by atoms with E-state index in [4.69, 9.17) is 7.57 Å². The van der Waals surface area contributed by atoms with Gasteiger partial charge in [-0.15, -0.1) is 0 Å². The lowest BCUT2D eigenvalue weighted by atomic mass is 10.1. The predicted octanol–water partition coefficient (Wildman–Crippen LogP) is 4.18. The summed E-state index contributed by atoms with van der Waals surface area (Å²) in [7, 11) is 5.13. The minimum Gasteiger partial charge on any atom is -0.205 e. The van der Waals surface area contributed by atoms with Crippen molar-refractivity contribution in [1.82, 2.24) is 4.57 Å². The molecule has 22 heavy (non-hydrogen) atoms. The maximum absolute atomic E-state index is 6.63. The van der Waals surface area contributed by atoms with E-state index in [1.54, 1.807) is 0 Å². The van der Waals surface area contributed by atoms with E-state index in [1.165, 1.54) is 22.4 Å². The molecule has 2 radical (unpaired) electrons. The van der Waals surface area contributed by atoms with Gasteiger partial charge in [0.25, 0.3) is 6.33 Å². The molecule has 1 aromatic carbocycles. The monoisotopic (exact) mass is 314 g/mol. The first kappa shape index (κ1) is 17.3. The van der Waals surface area contributed by atoms with Gasteiger partial charge in [0.05, 0.1) is 5.16 Å². The van der Waals surface area contributed by atoms with E-state index < -0.39 is 7.14 Å². The van der Waals surface area contributed by atoms with Gasteiger partial charge >= 0.3 is 7.57 Å². The van der Waals surface area contributed by atoms with E-state index in [0.29, 0.717) is 0 Å². The SMILES string of the molecule is [B][P+](C)(C[n+]1ccn(-c2c(C)cc(C)cc2C)c1)C(C)(C)C. The van der Waals surface area contributed by atoms with Crippen LogP contribution in [0.3, 0.4) is 0 Å². The maximum Gasteiger partial charge on any atom is 0.369 e. The van der Waals surface area contributed by atoms with Crippen LogP contribution in [0.4, 0.5) is 0 Å². The van der Waals surface area contributed by atoms with Crippen molar-refractivity contribution in [2.75, 3.05) is 6.66 Å². The fourth-order valence-electron chi connectivity index (χ4n) is 2.74. The van der Waals surface area contributed by atoms with Crippen LogP contribution in [-0.2, 0) is 6.29 Å². The lowest BCUT2D eigenvalue weighted by Crippen LogP contribution is -2.37. The number of benzene rings is 1. The number of nitrogens with zero attached hydrogens (tertiary/aromatic N) is 2. The quantitative estimate of drug-likeness (QED) is 0.457. The third kappa shape index (κ3) is 3.46. The maximum atomic E-state index is 6.63. The number of rotatable bonds is 3. The van der Waals surface area contributed by atoms with Crippen LogP contribution in [0.2, 0.25) is 0 Å². The molecule has 0 bridgehead atoms. The average molecular weight is 314 g/mol. The number of hydrogen-bond acceptors (Lipinski definition) is 0. The Morgan fingerprint density at radius 1 is 1.14 bits per heavy atom. The molecule has 0 aliphatic carbocycles. The zero-order valence-electron chi connectivity index (χ0n) is 15.0. The molecular formula is C18H28BN2P+2. The summed E-state index contributed by atoms with van der Waals surface area (Å²) < 4.78 is 4.45. The Kier molecular flexibility index (Phi) is 4.60. The summed E-state index contributed by atoms with van der Waals surface area (Å²) in [5.74, 6) is 0. The Morgan fingerprint density at radius 3 is 2.18 bits per heavy atom. The van der Waals surface area contributed by atoms with Gasteiger partial charge in [-0.05, 0) is 52.7 Å². The minimum absolute atomic E-state index is 0.164. The summed E-state index contributed by atoms with van der Waals surface area (Å²) >= 11 is 0. The first-order valence-corrected chi connectivity index (χ1v) is 10.3. The molecule has 0 aliphatic heterocycles. The molecule has 0 amide bonds. The van der Waals surface area contributed by atoms with Crippen LogP contribution in [0, 0.1) is 20.8 Å². The van der Waals surface area contributed by atoms with Crippen molar-refractivity contribution < 1.29 is 4.57 Å². The van der Waals surface area contributed by atoms with Gasteiger partial charge in [-0.2, -0.15) is 0 Å². The predicted molar refractivity (Wildman–Crippen MR) is 98.5 cm³/mol. The molecule has 0 N–H and O–H groups in total. The highest BCUT2D eigenvalue weighted by atomic mass is 31.2. The molecule has 1 unspecified atom stereocenters. The number of hydrogen-bond donors (Lipinski definition) is 0. The number of aryl methyl sites for hydroxylation is 3. The van der Waals surface area contributed by atoms with Gasteiger partial charge in [-0.3, -0.25) is 0 Å². The molecule has 1 aromatic heterocycles. The van der Waals surface area contributed by atoms with E-state index in [-0.39, 0.29) is 5.16 Å². The van der Waals surface area contributed by atoms with Crippen molar-refractivity contribution in [1.29, 1.82) is 0 Å². The van der Waals surface area contributed by atoms with E-state index in [0.717, 1.165) is 6.29 Å². The van der Waals surface area contributed by atoms with Crippen LogP contribution < -0.4 is 4.57 Å². The smallest absolute Gasteiger partial charge is 0.205 e. The molecular weight excluding hydrogens is 286 g/mol. The molecule has 2 rings (SSSR count). The molecule has 1 heterocycles. The average Bonchev–Trinajstić information content (AvgIpc) is 2.73. The molecule has 1 atom stereocenters. The Hall–Kier alpha value is -1.08. The molecule has 0 spiro atoms. The van der Waals surface area contributed by atoms with Crippen LogP contribution in [0.1, 0.15) is 37.5 Å². The normalized spacial score (nSPS) is 14.9. The van der Waals surface area contributed by atoms with E-state index in [9.17, 15) is 0 Å². The fourth-order valence-corrected chi connectivity index (χ4v) is 4.01. The fraction of sp³-hybridized carbons (Fsp3) is 0.500. The molecule has 2 nitrogen and oxygen atoms in total.